The zero-order chi connectivity index (χ0) is 11.2. The molecule has 0 aromatic rings. The Morgan fingerprint density at radius 2 is 1.86 bits per heavy atom. The standard InChI is InChI=1S/C7H10N2S.C4H10/c1-7(5-8)3-6(4-7)9-10-2;1-4(2)3/h3-4H2,1-2H3;4H,1-3H3. The molecule has 0 saturated heterocycles. The summed E-state index contributed by atoms with van der Waals surface area (Å²) in [5, 5.41) is 8.62. The highest BCUT2D eigenvalue weighted by Crippen LogP contribution is 2.37. The van der Waals surface area contributed by atoms with Gasteiger partial charge in [-0.1, -0.05) is 20.8 Å². The molecule has 0 spiro atoms. The van der Waals surface area contributed by atoms with Crippen LogP contribution in [0.2, 0.25) is 0 Å². The fourth-order valence-corrected chi connectivity index (χ4v) is 1.51. The van der Waals surface area contributed by atoms with Crippen molar-refractivity contribution in [2.75, 3.05) is 6.26 Å². The van der Waals surface area contributed by atoms with Crippen molar-refractivity contribution in [2.24, 2.45) is 15.7 Å². The minimum atomic E-state index is -0.103. The number of nitrogens with zero attached hydrogens (tertiary/aromatic N) is 2. The molecule has 0 aromatic heterocycles. The Balaban J connectivity index is 0.000000364. The third-order valence-electron chi connectivity index (χ3n) is 1.68. The quantitative estimate of drug-likeness (QED) is 0.621. The maximum absolute atomic E-state index is 8.62. The SMILES string of the molecule is CC(C)C.CSN=C1CC(C)(C#N)C1. The predicted octanol–water partition coefficient (Wildman–Crippen LogP) is 3.69. The molecule has 1 fully saturated rings. The summed E-state index contributed by atoms with van der Waals surface area (Å²) < 4.78 is 4.16. The summed E-state index contributed by atoms with van der Waals surface area (Å²) in [6, 6.07) is 2.28. The van der Waals surface area contributed by atoms with Gasteiger partial charge in [0.25, 0.3) is 0 Å². The molecule has 0 atom stereocenters. The molecule has 14 heavy (non-hydrogen) atoms. The van der Waals surface area contributed by atoms with Gasteiger partial charge >= 0.3 is 0 Å². The minimum absolute atomic E-state index is 0.103. The molecule has 1 aliphatic carbocycles. The molecule has 1 saturated carbocycles. The summed E-state index contributed by atoms with van der Waals surface area (Å²) >= 11 is 1.48. The van der Waals surface area contributed by atoms with Gasteiger partial charge in [0.15, 0.2) is 0 Å². The Hall–Kier alpha value is -0.490. The topological polar surface area (TPSA) is 36.1 Å². The van der Waals surface area contributed by atoms with Crippen molar-refractivity contribution in [1.29, 1.82) is 5.26 Å². The monoisotopic (exact) mass is 212 g/mol. The van der Waals surface area contributed by atoms with Crippen LogP contribution in [0.1, 0.15) is 40.5 Å². The van der Waals surface area contributed by atoms with Crippen LogP contribution >= 0.6 is 11.9 Å². The predicted molar refractivity (Wildman–Crippen MR) is 64.4 cm³/mol. The maximum atomic E-state index is 8.62. The summed E-state index contributed by atoms with van der Waals surface area (Å²) in [7, 11) is 0. The van der Waals surface area contributed by atoms with E-state index in [0.29, 0.717) is 0 Å². The molecule has 0 amide bonds. The second-order valence-electron chi connectivity index (χ2n) is 4.60. The van der Waals surface area contributed by atoms with Crippen LogP contribution in [0.3, 0.4) is 0 Å². The summed E-state index contributed by atoms with van der Waals surface area (Å²) in [4.78, 5) is 0. The first-order valence-corrected chi connectivity index (χ1v) is 6.12. The molecule has 80 valence electrons. The van der Waals surface area contributed by atoms with Gasteiger partial charge in [-0.05, 0) is 24.8 Å². The van der Waals surface area contributed by atoms with Gasteiger partial charge in [-0.25, -0.2) is 4.40 Å². The van der Waals surface area contributed by atoms with Gasteiger partial charge in [0.2, 0.25) is 0 Å². The Kier molecular flexibility index (Phi) is 5.87. The van der Waals surface area contributed by atoms with Crippen LogP contribution in [-0.2, 0) is 0 Å². The van der Waals surface area contributed by atoms with Crippen LogP contribution in [-0.4, -0.2) is 12.0 Å². The van der Waals surface area contributed by atoms with E-state index in [0.717, 1.165) is 18.8 Å². The molecule has 0 N–H and O–H groups in total. The summed E-state index contributed by atoms with van der Waals surface area (Å²) in [6.07, 6.45) is 3.67. The van der Waals surface area contributed by atoms with E-state index in [-0.39, 0.29) is 5.41 Å². The molecular weight excluding hydrogens is 192 g/mol. The number of nitriles is 1. The summed E-state index contributed by atoms with van der Waals surface area (Å²) in [5.74, 6) is 0.833. The Bertz CT molecular complexity index is 227. The van der Waals surface area contributed by atoms with E-state index >= 15 is 0 Å². The normalized spacial score (nSPS) is 24.5. The van der Waals surface area contributed by atoms with E-state index < -0.39 is 0 Å². The smallest absolute Gasteiger partial charge is 0.0694 e. The molecule has 3 heteroatoms. The lowest BCUT2D eigenvalue weighted by Crippen LogP contribution is -2.32. The first-order chi connectivity index (χ1) is 6.43. The van der Waals surface area contributed by atoms with Crippen molar-refractivity contribution in [3.05, 3.63) is 0 Å². The zero-order valence-electron chi connectivity index (χ0n) is 9.79. The van der Waals surface area contributed by atoms with Crippen LogP contribution in [0.25, 0.3) is 0 Å². The zero-order valence-corrected chi connectivity index (χ0v) is 10.6. The Morgan fingerprint density at radius 1 is 1.43 bits per heavy atom. The number of hydrogen-bond acceptors (Lipinski definition) is 3. The van der Waals surface area contributed by atoms with Gasteiger partial charge in [-0.2, -0.15) is 5.26 Å². The highest BCUT2D eigenvalue weighted by atomic mass is 32.2. The minimum Gasteiger partial charge on any atom is -0.226 e. The average Bonchev–Trinajstić information content (AvgIpc) is 2.01. The first-order valence-electron chi connectivity index (χ1n) is 4.93. The third kappa shape index (κ3) is 5.29. The van der Waals surface area contributed by atoms with Gasteiger partial charge in [-0.15, -0.1) is 0 Å². The lowest BCUT2D eigenvalue weighted by molar-refractivity contribution is 0.416. The van der Waals surface area contributed by atoms with Crippen LogP contribution in [0, 0.1) is 22.7 Å². The number of rotatable bonds is 1. The average molecular weight is 212 g/mol. The van der Waals surface area contributed by atoms with E-state index in [1.54, 1.807) is 0 Å². The van der Waals surface area contributed by atoms with Gasteiger partial charge in [0.05, 0.1) is 11.5 Å². The second-order valence-corrected chi connectivity index (χ2v) is 5.15. The molecule has 0 radical (unpaired) electrons. The van der Waals surface area contributed by atoms with E-state index in [4.69, 9.17) is 5.26 Å². The van der Waals surface area contributed by atoms with Crippen molar-refractivity contribution >= 4 is 17.7 Å². The molecule has 0 bridgehead atoms. The second kappa shape index (κ2) is 6.08. The van der Waals surface area contributed by atoms with Crippen molar-refractivity contribution in [1.82, 2.24) is 0 Å². The van der Waals surface area contributed by atoms with Crippen molar-refractivity contribution in [3.63, 3.8) is 0 Å². The highest BCUT2D eigenvalue weighted by Gasteiger charge is 2.37. The van der Waals surface area contributed by atoms with E-state index in [9.17, 15) is 0 Å². The van der Waals surface area contributed by atoms with Crippen molar-refractivity contribution in [3.8, 4) is 6.07 Å². The molecular formula is C11H20N2S. The molecule has 1 rings (SSSR count). The van der Waals surface area contributed by atoms with E-state index in [1.165, 1.54) is 17.7 Å². The van der Waals surface area contributed by atoms with Gasteiger partial charge in [0, 0.05) is 24.8 Å². The fraction of sp³-hybridized carbons (Fsp3) is 0.818. The van der Waals surface area contributed by atoms with E-state index in [2.05, 4.69) is 31.2 Å². The lowest BCUT2D eigenvalue weighted by Gasteiger charge is -2.32. The Morgan fingerprint density at radius 3 is 2.14 bits per heavy atom. The molecule has 0 aromatic carbocycles. The third-order valence-corrected chi connectivity index (χ3v) is 2.12. The molecule has 1 aliphatic rings. The Labute approximate surface area is 91.9 Å². The molecule has 0 aliphatic heterocycles. The van der Waals surface area contributed by atoms with Crippen LogP contribution in [0.5, 0.6) is 0 Å². The van der Waals surface area contributed by atoms with Crippen molar-refractivity contribution in [2.45, 2.75) is 40.5 Å². The molecule has 0 heterocycles. The van der Waals surface area contributed by atoms with E-state index in [1.807, 2.05) is 13.2 Å². The van der Waals surface area contributed by atoms with Crippen LogP contribution < -0.4 is 0 Å². The molecule has 0 unspecified atom stereocenters. The summed E-state index contributed by atoms with van der Waals surface area (Å²) in [6.45, 7) is 8.48. The molecule has 2 nitrogen and oxygen atoms in total. The van der Waals surface area contributed by atoms with Gasteiger partial charge < -0.3 is 0 Å². The lowest BCUT2D eigenvalue weighted by atomic mass is 9.70. The highest BCUT2D eigenvalue weighted by molar-refractivity contribution is 7.97. The van der Waals surface area contributed by atoms with Gasteiger partial charge in [0.1, 0.15) is 0 Å². The number of hydrogen-bond donors (Lipinski definition) is 0. The first kappa shape index (κ1) is 13.5. The van der Waals surface area contributed by atoms with Crippen molar-refractivity contribution < 1.29 is 0 Å². The van der Waals surface area contributed by atoms with Crippen LogP contribution in [0.4, 0.5) is 0 Å². The fourth-order valence-electron chi connectivity index (χ4n) is 1.12. The van der Waals surface area contributed by atoms with Crippen LogP contribution in [0.15, 0.2) is 4.40 Å². The largest absolute Gasteiger partial charge is 0.226 e. The van der Waals surface area contributed by atoms with Gasteiger partial charge in [-0.3, -0.25) is 0 Å². The summed E-state index contributed by atoms with van der Waals surface area (Å²) in [5.41, 5.74) is 1.07. The maximum Gasteiger partial charge on any atom is 0.0694 e.